The zero-order chi connectivity index (χ0) is 46.0. The number of aromatic nitrogens is 8. The molecule has 0 aliphatic carbocycles. The molecular weight excluding hydrogens is 1230 g/mol. The molecule has 324 valence electrons. The molecule has 6 aromatic rings. The van der Waals surface area contributed by atoms with E-state index in [-0.39, 0.29) is 38.8 Å². The SMILES string of the molecule is CC(C)c1cc(Cc2c(Cl)cc(-n3nc(C#N)c(=O)[nH]c3=O)cc2Cl)c[nH]c1=O.COc1ncc(Cc2c(Cl)cc(-n3nc(C#N)c(=O)[nH]c3=O)cc2Cl)cc1C(C)C.I[I-]I. The van der Waals surface area contributed by atoms with E-state index in [9.17, 15) is 24.0 Å². The minimum absolute atomic E-state index is 0.0551. The number of nitriles is 2. The summed E-state index contributed by atoms with van der Waals surface area (Å²) in [7, 11) is 1.57. The second-order valence-electron chi connectivity index (χ2n) is 13.5. The predicted molar refractivity (Wildman–Crippen MR) is 250 cm³/mol. The Bertz CT molecular complexity index is 2980. The molecule has 6 rings (SSSR count). The van der Waals surface area contributed by atoms with E-state index in [2.05, 4.69) is 57.4 Å². The van der Waals surface area contributed by atoms with Crippen LogP contribution in [0.3, 0.4) is 0 Å². The van der Waals surface area contributed by atoms with Crippen LogP contribution in [0.5, 0.6) is 5.88 Å². The summed E-state index contributed by atoms with van der Waals surface area (Å²) in [4.78, 5) is 70.2. The third kappa shape index (κ3) is 12.5. The number of rotatable bonds is 9. The van der Waals surface area contributed by atoms with Crippen molar-refractivity contribution in [2.75, 3.05) is 7.11 Å². The Morgan fingerprint density at radius 3 is 1.48 bits per heavy atom. The van der Waals surface area contributed by atoms with E-state index in [1.54, 1.807) is 37.7 Å². The molecule has 0 saturated heterocycles. The summed E-state index contributed by atoms with van der Waals surface area (Å²) < 4.78 is 7.03. The topological polar surface area (TPSA) is 238 Å². The fourth-order valence-corrected chi connectivity index (χ4v) is 6.96. The number of methoxy groups -OCH3 is 1. The van der Waals surface area contributed by atoms with E-state index in [4.69, 9.17) is 61.7 Å². The number of benzene rings is 2. The van der Waals surface area contributed by atoms with E-state index >= 15 is 0 Å². The van der Waals surface area contributed by atoms with E-state index in [0.717, 1.165) is 26.1 Å². The van der Waals surface area contributed by atoms with Gasteiger partial charge in [-0.2, -0.15) is 19.9 Å². The molecule has 4 aromatic heterocycles. The normalized spacial score (nSPS) is 10.7. The van der Waals surface area contributed by atoms with Crippen LogP contribution >= 0.6 is 83.6 Å². The second-order valence-corrected chi connectivity index (χ2v) is 31.4. The first-order chi connectivity index (χ1) is 29.4. The van der Waals surface area contributed by atoms with Gasteiger partial charge in [0.2, 0.25) is 17.3 Å². The molecule has 0 fully saturated rings. The molecular formula is C39H32Cl4I3N10O6-. The van der Waals surface area contributed by atoms with Gasteiger partial charge in [0.05, 0.1) is 18.5 Å². The van der Waals surface area contributed by atoms with Crippen LogP contribution in [0.25, 0.3) is 11.4 Å². The van der Waals surface area contributed by atoms with Gasteiger partial charge in [0.15, 0.2) is 0 Å². The standard InChI is InChI=1S/C20H17Cl2N5O3.C19H15Cl2N5O3.I3/c1-10(2)13-4-11(9-24-19(13)30-3)5-14-15(21)6-12(7-16(14)22)27-20(29)25-18(28)17(8-23)26-27;1-9(2)12-3-10(8-23-17(12)27)4-13-14(20)5-11(6-15(13)21)26-19(29)24-18(28)16(7-22)25-26;1-3-2/h4,6-7,9-10H,5H2,1-3H3,(H,25,28,29);3,5-6,8-9H,4H2,1-2H3,(H,23,27)(H,24,28,29);/q;;-1. The number of aromatic amines is 3. The predicted octanol–water partition coefficient (Wildman–Crippen LogP) is 4.49. The Morgan fingerprint density at radius 1 is 0.694 bits per heavy atom. The van der Waals surface area contributed by atoms with Crippen molar-refractivity contribution in [3.05, 3.63) is 166 Å². The number of H-pyrrole nitrogens is 3. The van der Waals surface area contributed by atoms with Crippen LogP contribution in [-0.2, 0) is 12.8 Å². The van der Waals surface area contributed by atoms with Gasteiger partial charge in [-0.15, -0.1) is 10.2 Å². The van der Waals surface area contributed by atoms with Crippen molar-refractivity contribution in [1.82, 2.24) is 39.5 Å². The third-order valence-electron chi connectivity index (χ3n) is 8.73. The first-order valence-corrected chi connectivity index (χ1v) is 31.8. The van der Waals surface area contributed by atoms with Crippen LogP contribution in [0, 0.1) is 22.7 Å². The third-order valence-corrected chi connectivity index (χ3v) is 10.1. The van der Waals surface area contributed by atoms with Crippen LogP contribution in [0.2, 0.25) is 20.1 Å². The van der Waals surface area contributed by atoms with Crippen LogP contribution in [-0.4, -0.2) is 46.6 Å². The molecule has 16 nitrogen and oxygen atoms in total. The number of nitrogens with zero attached hydrogens (tertiary/aromatic N) is 7. The van der Waals surface area contributed by atoms with Crippen molar-refractivity contribution in [2.24, 2.45) is 0 Å². The molecule has 3 N–H and O–H groups in total. The molecule has 0 aliphatic heterocycles. The van der Waals surface area contributed by atoms with E-state index < -0.39 is 33.9 Å². The van der Waals surface area contributed by atoms with Crippen molar-refractivity contribution in [1.29, 1.82) is 10.5 Å². The van der Waals surface area contributed by atoms with Gasteiger partial charge < -0.3 is 9.72 Å². The van der Waals surface area contributed by atoms with Crippen LogP contribution in [0.1, 0.15) is 84.3 Å². The number of pyridine rings is 2. The maximum absolute atomic E-state index is 12.1. The fraction of sp³-hybridized carbons (Fsp3) is 0.231. The average molecular weight is 1260 g/mol. The molecule has 0 saturated carbocycles. The van der Waals surface area contributed by atoms with Gasteiger partial charge in [-0.3, -0.25) is 24.4 Å². The fourth-order valence-electron chi connectivity index (χ4n) is 5.74. The summed E-state index contributed by atoms with van der Waals surface area (Å²) in [5, 5.41) is 26.6. The van der Waals surface area contributed by atoms with Crippen molar-refractivity contribution in [3.63, 3.8) is 0 Å². The monoisotopic (exact) mass is 1260 g/mol. The molecule has 0 bridgehead atoms. The molecule has 2 aromatic carbocycles. The zero-order valence-electron chi connectivity index (χ0n) is 32.9. The van der Waals surface area contributed by atoms with Gasteiger partial charge in [0.1, 0.15) is 12.1 Å². The summed E-state index contributed by atoms with van der Waals surface area (Å²) >= 11 is 31.0. The summed E-state index contributed by atoms with van der Waals surface area (Å²) in [6, 6.07) is 13.0. The Morgan fingerprint density at radius 2 is 1.10 bits per heavy atom. The van der Waals surface area contributed by atoms with Crippen LogP contribution in [0.4, 0.5) is 0 Å². The summed E-state index contributed by atoms with van der Waals surface area (Å²) in [6.45, 7) is 7.94. The Kier molecular flexibility index (Phi) is 18.8. The second kappa shape index (κ2) is 23.0. The van der Waals surface area contributed by atoms with Crippen molar-refractivity contribution < 1.29 is 18.0 Å². The van der Waals surface area contributed by atoms with Crippen LogP contribution < -0.4 is 46.0 Å². The van der Waals surface area contributed by atoms with E-state index in [0.29, 0.717) is 58.7 Å². The Balaban J connectivity index is 0.000000257. The molecule has 0 unspecified atom stereocenters. The first kappa shape index (κ1) is 50.5. The molecule has 0 atom stereocenters. The van der Waals surface area contributed by atoms with Crippen molar-refractivity contribution >= 4 is 83.6 Å². The van der Waals surface area contributed by atoms with Gasteiger partial charge in [-0.25, -0.2) is 14.6 Å². The van der Waals surface area contributed by atoms with E-state index in [1.165, 1.54) is 24.3 Å². The van der Waals surface area contributed by atoms with Gasteiger partial charge in [0.25, 0.3) is 16.7 Å². The van der Waals surface area contributed by atoms with Gasteiger partial charge in [-0.05, 0) is 70.5 Å². The van der Waals surface area contributed by atoms with Crippen molar-refractivity contribution in [3.8, 4) is 29.4 Å². The Hall–Kier alpha value is -4.11. The summed E-state index contributed by atoms with van der Waals surface area (Å²) in [5.41, 5.74) is 0.564. The molecule has 0 amide bonds. The molecule has 0 aliphatic rings. The zero-order valence-corrected chi connectivity index (χ0v) is 42.4. The molecule has 62 heavy (non-hydrogen) atoms. The van der Waals surface area contributed by atoms with Gasteiger partial charge in [0, 0.05) is 56.5 Å². The van der Waals surface area contributed by atoms with Gasteiger partial charge >= 0.3 is 61.9 Å². The number of hydrogen-bond donors (Lipinski definition) is 3. The Labute approximate surface area is 402 Å². The average Bonchev–Trinajstić information content (AvgIpc) is 3.21. The number of ether oxygens (including phenoxy) is 1. The number of hydrogen-bond acceptors (Lipinski definition) is 11. The van der Waals surface area contributed by atoms with E-state index in [1.807, 2.05) is 43.7 Å². The number of halogens is 7. The molecule has 4 heterocycles. The van der Waals surface area contributed by atoms with Gasteiger partial charge in [-0.1, -0.05) is 74.1 Å². The quantitative estimate of drug-likeness (QED) is 0.171. The molecule has 23 heteroatoms. The van der Waals surface area contributed by atoms with Crippen LogP contribution in [0.15, 0.2) is 72.8 Å². The molecule has 0 spiro atoms. The first-order valence-electron chi connectivity index (χ1n) is 17.7. The van der Waals surface area contributed by atoms with Crippen molar-refractivity contribution in [2.45, 2.75) is 52.4 Å². The molecule has 0 radical (unpaired) electrons. The number of nitrogens with one attached hydrogen (secondary N) is 3. The summed E-state index contributed by atoms with van der Waals surface area (Å²) in [6.07, 6.45) is 4.05. The minimum atomic E-state index is -0.874. The summed E-state index contributed by atoms with van der Waals surface area (Å²) in [5.74, 6) is 0.839. The maximum atomic E-state index is 12.1.